The summed E-state index contributed by atoms with van der Waals surface area (Å²) < 4.78 is 12.0. The van der Waals surface area contributed by atoms with Crippen LogP contribution < -0.4 is 0 Å². The smallest absolute Gasteiger partial charge is 0.173 e. The fraction of sp³-hybridized carbons (Fsp3) is 1.00. The predicted octanol–water partition coefficient (Wildman–Crippen LogP) is 4.00. The Kier molecular flexibility index (Phi) is 3.89. The van der Waals surface area contributed by atoms with Crippen LogP contribution in [0.4, 0.5) is 0 Å². The number of hydrogen-bond donors (Lipinski definition) is 0. The molecule has 1 heterocycles. The van der Waals surface area contributed by atoms with Gasteiger partial charge in [-0.2, -0.15) is 0 Å². The minimum Gasteiger partial charge on any atom is -0.456 e. The molecule has 0 spiro atoms. The van der Waals surface area contributed by atoms with Crippen molar-refractivity contribution in [2.45, 2.75) is 76.7 Å². The van der Waals surface area contributed by atoms with Gasteiger partial charge in [0.05, 0.1) is 12.2 Å². The first-order valence-corrected chi connectivity index (χ1v) is 13.6. The SMILES string of the molecule is C[Si](C)(C)O[Si](C)(C)CCC1CCC2OC2C1. The van der Waals surface area contributed by atoms with E-state index in [1.54, 1.807) is 0 Å². The Bertz CT molecular complexity index is 273. The molecule has 3 atom stereocenters. The maximum atomic E-state index is 6.40. The summed E-state index contributed by atoms with van der Waals surface area (Å²) in [7, 11) is -2.76. The first-order valence-electron chi connectivity index (χ1n) is 7.11. The van der Waals surface area contributed by atoms with E-state index < -0.39 is 16.6 Å². The molecular formula is C13H28O2Si2. The lowest BCUT2D eigenvalue weighted by Crippen LogP contribution is -2.42. The van der Waals surface area contributed by atoms with Crippen LogP contribution >= 0.6 is 0 Å². The molecule has 0 aromatic rings. The van der Waals surface area contributed by atoms with Crippen LogP contribution in [0.2, 0.25) is 38.8 Å². The number of fused-ring (bicyclic) bond motifs is 1. The fourth-order valence-electron chi connectivity index (χ4n) is 3.18. The highest BCUT2D eigenvalue weighted by Gasteiger charge is 2.44. The summed E-state index contributed by atoms with van der Waals surface area (Å²) in [5, 5.41) is 0. The number of rotatable bonds is 5. The number of ether oxygens (including phenoxy) is 1. The lowest BCUT2D eigenvalue weighted by Gasteiger charge is -2.33. The van der Waals surface area contributed by atoms with E-state index in [0.29, 0.717) is 12.2 Å². The van der Waals surface area contributed by atoms with E-state index in [0.717, 1.165) is 5.92 Å². The Hall–Kier alpha value is 0.354. The van der Waals surface area contributed by atoms with E-state index in [2.05, 4.69) is 32.7 Å². The standard InChI is InChI=1S/C13H28O2Si2/c1-16(2,3)15-17(4,5)9-8-11-6-7-12-13(10-11)14-12/h11-13H,6-10H2,1-5H3. The lowest BCUT2D eigenvalue weighted by molar-refractivity contribution is 0.355. The third-order valence-electron chi connectivity index (χ3n) is 3.85. The van der Waals surface area contributed by atoms with Gasteiger partial charge in [0.1, 0.15) is 0 Å². The maximum absolute atomic E-state index is 6.40. The highest BCUT2D eigenvalue weighted by Crippen LogP contribution is 2.41. The van der Waals surface area contributed by atoms with Crippen molar-refractivity contribution in [3.63, 3.8) is 0 Å². The first-order chi connectivity index (χ1) is 7.75. The Morgan fingerprint density at radius 3 is 2.35 bits per heavy atom. The van der Waals surface area contributed by atoms with E-state index in [9.17, 15) is 0 Å². The van der Waals surface area contributed by atoms with Gasteiger partial charge in [0.2, 0.25) is 0 Å². The average Bonchev–Trinajstić information content (AvgIpc) is 2.88. The van der Waals surface area contributed by atoms with Crippen LogP contribution in [0.15, 0.2) is 0 Å². The van der Waals surface area contributed by atoms with Gasteiger partial charge in [0.15, 0.2) is 16.6 Å². The molecule has 17 heavy (non-hydrogen) atoms. The largest absolute Gasteiger partial charge is 0.456 e. The van der Waals surface area contributed by atoms with Crippen molar-refractivity contribution in [2.24, 2.45) is 5.92 Å². The summed E-state index contributed by atoms with van der Waals surface area (Å²) in [6.45, 7) is 11.7. The molecule has 3 unspecified atom stereocenters. The Labute approximate surface area is 108 Å². The molecule has 1 saturated heterocycles. The van der Waals surface area contributed by atoms with Crippen molar-refractivity contribution < 1.29 is 8.85 Å². The molecule has 1 saturated carbocycles. The van der Waals surface area contributed by atoms with Crippen molar-refractivity contribution >= 4 is 16.6 Å². The molecule has 0 aromatic heterocycles. The second kappa shape index (κ2) is 4.80. The first kappa shape index (κ1) is 13.8. The van der Waals surface area contributed by atoms with Gasteiger partial charge in [0.25, 0.3) is 0 Å². The summed E-state index contributed by atoms with van der Waals surface area (Å²) >= 11 is 0. The summed E-state index contributed by atoms with van der Waals surface area (Å²) in [6, 6.07) is 1.33. The second-order valence-corrected chi connectivity index (χ2v) is 16.5. The van der Waals surface area contributed by atoms with Crippen LogP contribution in [0.25, 0.3) is 0 Å². The molecule has 2 aliphatic rings. The molecule has 0 amide bonds. The fourth-order valence-corrected chi connectivity index (χ4v) is 11.3. The van der Waals surface area contributed by atoms with E-state index in [4.69, 9.17) is 8.85 Å². The second-order valence-electron chi connectivity index (χ2n) is 7.40. The molecule has 2 fully saturated rings. The molecule has 1 aliphatic carbocycles. The van der Waals surface area contributed by atoms with Crippen molar-refractivity contribution in [3.8, 4) is 0 Å². The minimum absolute atomic E-state index is 0.636. The third kappa shape index (κ3) is 4.50. The number of epoxide rings is 1. The monoisotopic (exact) mass is 272 g/mol. The summed E-state index contributed by atoms with van der Waals surface area (Å²) in [6.07, 6.45) is 6.68. The Morgan fingerprint density at radius 1 is 1.06 bits per heavy atom. The average molecular weight is 273 g/mol. The molecule has 0 bridgehead atoms. The quantitative estimate of drug-likeness (QED) is 0.557. The van der Waals surface area contributed by atoms with Gasteiger partial charge in [0, 0.05) is 0 Å². The topological polar surface area (TPSA) is 21.8 Å². The zero-order valence-electron chi connectivity index (χ0n) is 12.1. The molecule has 1 aliphatic heterocycles. The zero-order valence-corrected chi connectivity index (χ0v) is 14.1. The van der Waals surface area contributed by atoms with Gasteiger partial charge in [-0.3, -0.25) is 0 Å². The molecule has 0 aromatic carbocycles. The minimum atomic E-state index is -1.41. The van der Waals surface area contributed by atoms with Crippen LogP contribution in [0.3, 0.4) is 0 Å². The van der Waals surface area contributed by atoms with Gasteiger partial charge >= 0.3 is 0 Å². The molecule has 0 radical (unpaired) electrons. The predicted molar refractivity (Wildman–Crippen MR) is 77.3 cm³/mol. The highest BCUT2D eigenvalue weighted by atomic mass is 28.4. The summed E-state index contributed by atoms with van der Waals surface area (Å²) in [4.78, 5) is 0. The zero-order chi connectivity index (χ0) is 12.7. The van der Waals surface area contributed by atoms with Crippen molar-refractivity contribution in [1.82, 2.24) is 0 Å². The molecular weight excluding hydrogens is 244 g/mol. The number of hydrogen-bond acceptors (Lipinski definition) is 2. The lowest BCUT2D eigenvalue weighted by atomic mass is 9.88. The molecule has 2 rings (SSSR count). The Balaban J connectivity index is 1.72. The normalized spacial score (nSPS) is 33.4. The molecule has 100 valence electrons. The molecule has 4 heteroatoms. The van der Waals surface area contributed by atoms with E-state index in [-0.39, 0.29) is 0 Å². The third-order valence-corrected chi connectivity index (χ3v) is 10.0. The molecule has 2 nitrogen and oxygen atoms in total. The van der Waals surface area contributed by atoms with Gasteiger partial charge in [-0.25, -0.2) is 0 Å². The van der Waals surface area contributed by atoms with Gasteiger partial charge in [-0.1, -0.05) is 6.42 Å². The van der Waals surface area contributed by atoms with Crippen molar-refractivity contribution in [3.05, 3.63) is 0 Å². The van der Waals surface area contributed by atoms with Gasteiger partial charge in [-0.15, -0.1) is 0 Å². The van der Waals surface area contributed by atoms with Gasteiger partial charge < -0.3 is 8.85 Å². The summed E-state index contributed by atoms with van der Waals surface area (Å²) in [5.41, 5.74) is 0. The molecule has 0 N–H and O–H groups in total. The van der Waals surface area contributed by atoms with Crippen molar-refractivity contribution in [2.75, 3.05) is 0 Å². The van der Waals surface area contributed by atoms with Crippen LogP contribution in [0.1, 0.15) is 25.7 Å². The van der Waals surface area contributed by atoms with E-state index >= 15 is 0 Å². The van der Waals surface area contributed by atoms with E-state index in [1.807, 2.05) is 0 Å². The van der Waals surface area contributed by atoms with Crippen LogP contribution in [0.5, 0.6) is 0 Å². The van der Waals surface area contributed by atoms with Crippen molar-refractivity contribution in [1.29, 1.82) is 0 Å². The Morgan fingerprint density at radius 2 is 1.76 bits per heavy atom. The maximum Gasteiger partial charge on any atom is 0.173 e. The summed E-state index contributed by atoms with van der Waals surface area (Å²) in [5.74, 6) is 0.913. The van der Waals surface area contributed by atoms with Gasteiger partial charge in [-0.05, 0) is 64.0 Å². The highest BCUT2D eigenvalue weighted by molar-refractivity contribution is 6.84. The van der Waals surface area contributed by atoms with Crippen LogP contribution in [-0.4, -0.2) is 28.8 Å². The van der Waals surface area contributed by atoms with Crippen LogP contribution in [0, 0.1) is 5.92 Å². The van der Waals surface area contributed by atoms with E-state index in [1.165, 1.54) is 31.7 Å². The van der Waals surface area contributed by atoms with Crippen LogP contribution in [-0.2, 0) is 8.85 Å².